The van der Waals surface area contributed by atoms with Crippen molar-refractivity contribution in [2.75, 3.05) is 53.6 Å². The van der Waals surface area contributed by atoms with Gasteiger partial charge in [-0.05, 0) is 31.2 Å². The van der Waals surface area contributed by atoms with Crippen LogP contribution in [-0.4, -0.2) is 74.5 Å². The van der Waals surface area contributed by atoms with E-state index in [0.717, 1.165) is 50.0 Å². The summed E-state index contributed by atoms with van der Waals surface area (Å²) in [6, 6.07) is 7.81. The lowest BCUT2D eigenvalue weighted by molar-refractivity contribution is -0.129. The molecule has 1 aromatic carbocycles. The van der Waals surface area contributed by atoms with Crippen LogP contribution in [0.4, 0.5) is 0 Å². The van der Waals surface area contributed by atoms with Crippen molar-refractivity contribution in [2.45, 2.75) is 17.1 Å². The Morgan fingerprint density at radius 2 is 2.00 bits per heavy atom. The largest absolute Gasteiger partial charge is 0.497 e. The second-order valence-electron chi connectivity index (χ2n) is 5.65. The number of thioether (sulfide) groups is 1. The molecule has 6 heteroatoms. The third kappa shape index (κ3) is 5.71. The second kappa shape index (κ2) is 9.15. The molecule has 2 rings (SSSR count). The molecule has 5 nitrogen and oxygen atoms in total. The van der Waals surface area contributed by atoms with Crippen molar-refractivity contribution in [3.8, 4) is 5.75 Å². The number of methoxy groups -OCH3 is 1. The molecule has 128 valence electrons. The zero-order valence-corrected chi connectivity index (χ0v) is 15.0. The van der Waals surface area contributed by atoms with E-state index in [1.807, 2.05) is 43.1 Å². The number of carbonyl (C=O) groups is 1. The summed E-state index contributed by atoms with van der Waals surface area (Å²) < 4.78 is 10.5. The zero-order chi connectivity index (χ0) is 16.7. The maximum atomic E-state index is 12.5. The lowest BCUT2D eigenvalue weighted by Crippen LogP contribution is -2.43. The second-order valence-corrected chi connectivity index (χ2v) is 7.06. The molecular weight excluding hydrogens is 312 g/mol. The monoisotopic (exact) mass is 338 g/mol. The van der Waals surface area contributed by atoms with Gasteiger partial charge in [0.05, 0.1) is 25.6 Å². The molecule has 1 aliphatic rings. The third-order valence-corrected chi connectivity index (χ3v) is 5.05. The molecule has 0 aliphatic carbocycles. The molecule has 1 saturated heterocycles. The maximum absolute atomic E-state index is 12.5. The predicted octanol–water partition coefficient (Wildman–Crippen LogP) is 1.97. The molecule has 0 N–H and O–H groups in total. The molecule has 1 aliphatic heterocycles. The van der Waals surface area contributed by atoms with Gasteiger partial charge in [-0.1, -0.05) is 0 Å². The van der Waals surface area contributed by atoms with Gasteiger partial charge in [0.15, 0.2) is 0 Å². The van der Waals surface area contributed by atoms with E-state index < -0.39 is 0 Å². The van der Waals surface area contributed by atoms with Crippen LogP contribution in [-0.2, 0) is 9.53 Å². The van der Waals surface area contributed by atoms with Crippen LogP contribution < -0.4 is 4.74 Å². The molecule has 1 atom stereocenters. The predicted molar refractivity (Wildman–Crippen MR) is 93.2 cm³/mol. The number of rotatable bonds is 7. The summed E-state index contributed by atoms with van der Waals surface area (Å²) >= 11 is 1.58. The van der Waals surface area contributed by atoms with Gasteiger partial charge < -0.3 is 14.4 Å². The van der Waals surface area contributed by atoms with Crippen LogP contribution in [0.15, 0.2) is 29.2 Å². The van der Waals surface area contributed by atoms with Crippen LogP contribution in [0, 0.1) is 0 Å². The van der Waals surface area contributed by atoms with Crippen LogP contribution in [0.25, 0.3) is 0 Å². The minimum atomic E-state index is -0.0990. The highest BCUT2D eigenvalue weighted by molar-refractivity contribution is 8.00. The highest BCUT2D eigenvalue weighted by atomic mass is 32.2. The minimum Gasteiger partial charge on any atom is -0.497 e. The van der Waals surface area contributed by atoms with Crippen molar-refractivity contribution in [3.05, 3.63) is 24.3 Å². The number of carbonyl (C=O) groups excluding carboxylic acids is 1. The van der Waals surface area contributed by atoms with Gasteiger partial charge in [-0.3, -0.25) is 9.69 Å². The average Bonchev–Trinajstić information content (AvgIpc) is 2.60. The smallest absolute Gasteiger partial charge is 0.235 e. The Kier molecular flexibility index (Phi) is 7.20. The SMILES string of the molecule is COc1ccc(SC(C)C(=O)N(C)CCN2CCOCC2)cc1. The molecule has 1 unspecified atom stereocenters. The third-order valence-electron chi connectivity index (χ3n) is 3.95. The summed E-state index contributed by atoms with van der Waals surface area (Å²) in [5.41, 5.74) is 0. The molecule has 0 spiro atoms. The number of morpholine rings is 1. The molecule has 0 saturated carbocycles. The van der Waals surface area contributed by atoms with Gasteiger partial charge in [0.1, 0.15) is 5.75 Å². The van der Waals surface area contributed by atoms with Crippen molar-refractivity contribution >= 4 is 17.7 Å². The molecule has 1 amide bonds. The van der Waals surface area contributed by atoms with E-state index in [2.05, 4.69) is 4.90 Å². The number of hydrogen-bond donors (Lipinski definition) is 0. The van der Waals surface area contributed by atoms with Crippen molar-refractivity contribution in [2.24, 2.45) is 0 Å². The normalized spacial score (nSPS) is 16.8. The van der Waals surface area contributed by atoms with Gasteiger partial charge >= 0.3 is 0 Å². The number of likely N-dealkylation sites (N-methyl/N-ethyl adjacent to an activating group) is 1. The number of nitrogens with zero attached hydrogens (tertiary/aromatic N) is 2. The molecule has 1 aromatic rings. The number of hydrogen-bond acceptors (Lipinski definition) is 5. The summed E-state index contributed by atoms with van der Waals surface area (Å²) in [6.45, 7) is 7.12. The van der Waals surface area contributed by atoms with Crippen LogP contribution in [0.2, 0.25) is 0 Å². The molecule has 0 radical (unpaired) electrons. The van der Waals surface area contributed by atoms with Crippen molar-refractivity contribution in [1.82, 2.24) is 9.80 Å². The lowest BCUT2D eigenvalue weighted by atomic mass is 10.3. The van der Waals surface area contributed by atoms with E-state index in [9.17, 15) is 4.79 Å². The molecule has 0 bridgehead atoms. The van der Waals surface area contributed by atoms with Crippen molar-refractivity contribution < 1.29 is 14.3 Å². The Morgan fingerprint density at radius 1 is 1.35 bits per heavy atom. The minimum absolute atomic E-state index is 0.0990. The molecule has 1 fully saturated rings. The summed E-state index contributed by atoms with van der Waals surface area (Å²) in [7, 11) is 3.53. The zero-order valence-electron chi connectivity index (χ0n) is 14.2. The summed E-state index contributed by atoms with van der Waals surface area (Å²) in [6.07, 6.45) is 0. The highest BCUT2D eigenvalue weighted by Crippen LogP contribution is 2.26. The maximum Gasteiger partial charge on any atom is 0.235 e. The van der Waals surface area contributed by atoms with Gasteiger partial charge in [0, 0.05) is 38.1 Å². The van der Waals surface area contributed by atoms with E-state index in [0.29, 0.717) is 0 Å². The Balaban J connectivity index is 1.77. The lowest BCUT2D eigenvalue weighted by Gasteiger charge is -2.29. The van der Waals surface area contributed by atoms with Gasteiger partial charge in [0.25, 0.3) is 0 Å². The van der Waals surface area contributed by atoms with Gasteiger partial charge in [-0.25, -0.2) is 0 Å². The van der Waals surface area contributed by atoms with Crippen LogP contribution >= 0.6 is 11.8 Å². The number of benzene rings is 1. The summed E-state index contributed by atoms with van der Waals surface area (Å²) in [5, 5.41) is -0.0990. The standard InChI is InChI=1S/C17H26N2O3S/c1-14(23-16-6-4-15(21-3)5-7-16)17(20)18(2)8-9-19-10-12-22-13-11-19/h4-7,14H,8-13H2,1-3H3. The summed E-state index contributed by atoms with van der Waals surface area (Å²) in [5.74, 6) is 0.995. The van der Waals surface area contributed by atoms with E-state index in [1.54, 1.807) is 18.9 Å². The molecule has 23 heavy (non-hydrogen) atoms. The molecular formula is C17H26N2O3S. The highest BCUT2D eigenvalue weighted by Gasteiger charge is 2.19. The van der Waals surface area contributed by atoms with E-state index in [4.69, 9.17) is 9.47 Å². The average molecular weight is 338 g/mol. The van der Waals surface area contributed by atoms with Crippen LogP contribution in [0.3, 0.4) is 0 Å². The van der Waals surface area contributed by atoms with E-state index >= 15 is 0 Å². The quantitative estimate of drug-likeness (QED) is 0.711. The Morgan fingerprint density at radius 3 is 2.61 bits per heavy atom. The fourth-order valence-corrected chi connectivity index (χ4v) is 3.43. The fraction of sp³-hybridized carbons (Fsp3) is 0.588. The Bertz CT molecular complexity index is 489. The fourth-order valence-electron chi connectivity index (χ4n) is 2.45. The number of ether oxygens (including phenoxy) is 2. The van der Waals surface area contributed by atoms with Gasteiger partial charge in [-0.15, -0.1) is 11.8 Å². The van der Waals surface area contributed by atoms with Crippen molar-refractivity contribution in [3.63, 3.8) is 0 Å². The van der Waals surface area contributed by atoms with Gasteiger partial charge in [-0.2, -0.15) is 0 Å². The first-order valence-electron chi connectivity index (χ1n) is 7.96. The van der Waals surface area contributed by atoms with E-state index in [-0.39, 0.29) is 11.2 Å². The van der Waals surface area contributed by atoms with Crippen LogP contribution in [0.1, 0.15) is 6.92 Å². The Labute approximate surface area is 142 Å². The first kappa shape index (κ1) is 18.1. The molecule has 1 heterocycles. The van der Waals surface area contributed by atoms with Crippen LogP contribution in [0.5, 0.6) is 5.75 Å². The topological polar surface area (TPSA) is 42.0 Å². The first-order chi connectivity index (χ1) is 11.1. The summed E-state index contributed by atoms with van der Waals surface area (Å²) in [4.78, 5) is 17.7. The Hall–Kier alpha value is -1.24. The first-order valence-corrected chi connectivity index (χ1v) is 8.84. The van der Waals surface area contributed by atoms with E-state index in [1.165, 1.54) is 0 Å². The van der Waals surface area contributed by atoms with Crippen molar-refractivity contribution in [1.29, 1.82) is 0 Å². The van der Waals surface area contributed by atoms with Gasteiger partial charge in [0.2, 0.25) is 5.91 Å². The number of amides is 1. The molecule has 0 aromatic heterocycles.